The van der Waals surface area contributed by atoms with Crippen molar-refractivity contribution in [3.8, 4) is 0 Å². The molecule has 1 saturated heterocycles. The largest absolute Gasteiger partial charge is 0.337 e. The second-order valence-electron chi connectivity index (χ2n) is 6.79. The molecule has 136 valence electrons. The van der Waals surface area contributed by atoms with Crippen molar-refractivity contribution in [2.24, 2.45) is 7.05 Å². The number of imidazole rings is 1. The molecule has 4 heterocycles. The Morgan fingerprint density at radius 1 is 1.38 bits per heavy atom. The van der Waals surface area contributed by atoms with Gasteiger partial charge in [0.25, 0.3) is 5.91 Å². The number of aromatic nitrogens is 7. The first-order valence-electron chi connectivity index (χ1n) is 8.77. The fraction of sp³-hybridized carbons (Fsp3) is 0.471. The molecule has 1 aliphatic heterocycles. The predicted molar refractivity (Wildman–Crippen MR) is 93.5 cm³/mol. The molecule has 1 N–H and O–H groups in total. The van der Waals surface area contributed by atoms with E-state index in [2.05, 4.69) is 25.4 Å². The molecule has 1 atom stereocenters. The highest BCUT2D eigenvalue weighted by Gasteiger charge is 2.29. The van der Waals surface area contributed by atoms with Gasteiger partial charge in [-0.05, 0) is 25.8 Å². The lowest BCUT2D eigenvalue weighted by atomic mass is 9.97. The van der Waals surface area contributed by atoms with Gasteiger partial charge < -0.3 is 14.0 Å². The smallest absolute Gasteiger partial charge is 0.274 e. The molecule has 0 aromatic carbocycles. The molecule has 0 bridgehead atoms. The highest BCUT2D eigenvalue weighted by Crippen LogP contribution is 2.26. The maximum atomic E-state index is 12.7. The van der Waals surface area contributed by atoms with Crippen LogP contribution in [0, 0.1) is 6.92 Å². The normalized spacial score (nSPS) is 17.6. The monoisotopic (exact) mass is 354 g/mol. The zero-order valence-electron chi connectivity index (χ0n) is 15.0. The van der Waals surface area contributed by atoms with E-state index in [1.54, 1.807) is 18.6 Å². The van der Waals surface area contributed by atoms with Crippen LogP contribution < -0.4 is 0 Å². The van der Waals surface area contributed by atoms with Gasteiger partial charge in [-0.15, -0.1) is 10.2 Å². The predicted octanol–water partition coefficient (Wildman–Crippen LogP) is 1.11. The van der Waals surface area contributed by atoms with Gasteiger partial charge in [-0.25, -0.2) is 4.98 Å². The number of aryl methyl sites for hydroxylation is 1. The van der Waals surface area contributed by atoms with Crippen LogP contribution in [0.1, 0.15) is 46.6 Å². The fourth-order valence-electron chi connectivity index (χ4n) is 3.47. The van der Waals surface area contributed by atoms with E-state index >= 15 is 0 Å². The molecule has 0 saturated carbocycles. The van der Waals surface area contributed by atoms with Gasteiger partial charge in [0.05, 0.1) is 12.9 Å². The number of piperidine rings is 1. The number of carbonyl (C=O) groups is 1. The molecule has 9 nitrogen and oxygen atoms in total. The van der Waals surface area contributed by atoms with E-state index < -0.39 is 0 Å². The fourth-order valence-corrected chi connectivity index (χ4v) is 3.47. The summed E-state index contributed by atoms with van der Waals surface area (Å²) in [6, 6.07) is 1.79. The van der Waals surface area contributed by atoms with Crippen LogP contribution in [0.3, 0.4) is 0 Å². The minimum atomic E-state index is -0.0279. The standard InChI is InChI=1S/C17H22N8O/c1-12-8-14(20-19-12)17(26)25-6-3-4-13(9-25)16-22-21-15(23(16)2)10-24-7-5-18-11-24/h5,7-8,11,13H,3-4,6,9-10H2,1-2H3,(H,19,20)/t13-/m1/s1. The van der Waals surface area contributed by atoms with Crippen LogP contribution in [0.5, 0.6) is 0 Å². The van der Waals surface area contributed by atoms with Gasteiger partial charge in [-0.1, -0.05) is 0 Å². The van der Waals surface area contributed by atoms with Crippen LogP contribution >= 0.6 is 0 Å². The Morgan fingerprint density at radius 2 is 2.27 bits per heavy atom. The Bertz CT molecular complexity index is 894. The van der Waals surface area contributed by atoms with Crippen molar-refractivity contribution in [1.29, 1.82) is 0 Å². The molecule has 0 spiro atoms. The molecule has 26 heavy (non-hydrogen) atoms. The van der Waals surface area contributed by atoms with Crippen LogP contribution in [0.25, 0.3) is 0 Å². The van der Waals surface area contributed by atoms with Crippen molar-refractivity contribution >= 4 is 5.91 Å². The summed E-state index contributed by atoms with van der Waals surface area (Å²) in [5.41, 5.74) is 1.36. The second-order valence-corrected chi connectivity index (χ2v) is 6.79. The lowest BCUT2D eigenvalue weighted by molar-refractivity contribution is 0.0697. The minimum Gasteiger partial charge on any atom is -0.337 e. The van der Waals surface area contributed by atoms with E-state index in [1.165, 1.54) is 0 Å². The number of nitrogens with one attached hydrogen (secondary N) is 1. The summed E-state index contributed by atoms with van der Waals surface area (Å²) >= 11 is 0. The summed E-state index contributed by atoms with van der Waals surface area (Å²) in [5, 5.41) is 15.7. The lowest BCUT2D eigenvalue weighted by Crippen LogP contribution is -2.40. The molecule has 4 rings (SSSR count). The number of aromatic amines is 1. The first-order valence-corrected chi connectivity index (χ1v) is 8.77. The summed E-state index contributed by atoms with van der Waals surface area (Å²) < 4.78 is 4.00. The summed E-state index contributed by atoms with van der Waals surface area (Å²) in [6.45, 7) is 3.92. The average Bonchev–Trinajstić information content (AvgIpc) is 3.38. The first kappa shape index (κ1) is 16.5. The lowest BCUT2D eigenvalue weighted by Gasteiger charge is -2.31. The zero-order valence-corrected chi connectivity index (χ0v) is 15.0. The quantitative estimate of drug-likeness (QED) is 0.757. The van der Waals surface area contributed by atoms with Crippen LogP contribution in [-0.4, -0.2) is 58.4 Å². The van der Waals surface area contributed by atoms with Gasteiger partial charge >= 0.3 is 0 Å². The third kappa shape index (κ3) is 3.12. The Morgan fingerprint density at radius 3 is 3.00 bits per heavy atom. The number of hydrogen-bond acceptors (Lipinski definition) is 5. The van der Waals surface area contributed by atoms with E-state index in [0.717, 1.165) is 36.7 Å². The molecule has 3 aromatic rings. The Kier molecular flexibility index (Phi) is 4.27. The van der Waals surface area contributed by atoms with E-state index in [-0.39, 0.29) is 11.8 Å². The molecule has 1 amide bonds. The van der Waals surface area contributed by atoms with E-state index in [9.17, 15) is 4.79 Å². The van der Waals surface area contributed by atoms with Gasteiger partial charge in [0, 0.05) is 44.1 Å². The maximum Gasteiger partial charge on any atom is 0.274 e. The number of rotatable bonds is 4. The molecule has 3 aromatic heterocycles. The van der Waals surface area contributed by atoms with Gasteiger partial charge in [0.15, 0.2) is 5.82 Å². The Labute approximate surface area is 151 Å². The Balaban J connectivity index is 1.49. The van der Waals surface area contributed by atoms with E-state index in [0.29, 0.717) is 18.8 Å². The molecule has 1 fully saturated rings. The second kappa shape index (κ2) is 6.74. The third-order valence-electron chi connectivity index (χ3n) is 4.88. The maximum absolute atomic E-state index is 12.7. The number of nitrogens with zero attached hydrogens (tertiary/aromatic N) is 7. The SMILES string of the molecule is Cc1cc(C(=O)N2CCC[C@@H](c3nnc(Cn4ccnc4)n3C)C2)n[nH]1. The minimum absolute atomic E-state index is 0.0279. The highest BCUT2D eigenvalue weighted by molar-refractivity contribution is 5.92. The number of amides is 1. The van der Waals surface area contributed by atoms with E-state index in [4.69, 9.17) is 0 Å². The van der Waals surface area contributed by atoms with Gasteiger partial charge in [0.1, 0.15) is 11.5 Å². The molecule has 1 aliphatic rings. The van der Waals surface area contributed by atoms with Crippen molar-refractivity contribution in [2.45, 2.75) is 32.2 Å². The Hall–Kier alpha value is -2.97. The van der Waals surface area contributed by atoms with E-state index in [1.807, 2.05) is 34.2 Å². The number of hydrogen-bond donors (Lipinski definition) is 1. The molecular formula is C17H22N8O. The van der Waals surface area contributed by atoms with Gasteiger partial charge in [0.2, 0.25) is 0 Å². The van der Waals surface area contributed by atoms with Gasteiger partial charge in [-0.2, -0.15) is 5.10 Å². The summed E-state index contributed by atoms with van der Waals surface area (Å²) in [6.07, 6.45) is 7.37. The topological polar surface area (TPSA) is 97.5 Å². The molecule has 0 radical (unpaired) electrons. The molecule has 9 heteroatoms. The third-order valence-corrected chi connectivity index (χ3v) is 4.88. The van der Waals surface area contributed by atoms with Crippen molar-refractivity contribution in [3.05, 3.63) is 47.8 Å². The number of H-pyrrole nitrogens is 1. The average molecular weight is 354 g/mol. The first-order chi connectivity index (χ1) is 12.6. The summed E-state index contributed by atoms with van der Waals surface area (Å²) in [5.74, 6) is 1.96. The summed E-state index contributed by atoms with van der Waals surface area (Å²) in [7, 11) is 1.99. The van der Waals surface area contributed by atoms with Crippen molar-refractivity contribution < 1.29 is 4.79 Å². The number of carbonyl (C=O) groups excluding carboxylic acids is 1. The van der Waals surface area contributed by atoms with Crippen molar-refractivity contribution in [2.75, 3.05) is 13.1 Å². The van der Waals surface area contributed by atoms with Gasteiger partial charge in [-0.3, -0.25) is 9.89 Å². The van der Waals surface area contributed by atoms with Crippen LogP contribution in [0.15, 0.2) is 24.8 Å². The van der Waals surface area contributed by atoms with Crippen LogP contribution in [-0.2, 0) is 13.6 Å². The highest BCUT2D eigenvalue weighted by atomic mass is 16.2. The zero-order chi connectivity index (χ0) is 18.1. The summed E-state index contributed by atoms with van der Waals surface area (Å²) in [4.78, 5) is 18.6. The number of likely N-dealkylation sites (tertiary alicyclic amines) is 1. The molecule has 0 aliphatic carbocycles. The van der Waals surface area contributed by atoms with Crippen LogP contribution in [0.4, 0.5) is 0 Å². The van der Waals surface area contributed by atoms with Crippen molar-refractivity contribution in [3.63, 3.8) is 0 Å². The van der Waals surface area contributed by atoms with Crippen LogP contribution in [0.2, 0.25) is 0 Å². The van der Waals surface area contributed by atoms with Crippen molar-refractivity contribution in [1.82, 2.24) is 39.4 Å². The molecular weight excluding hydrogens is 332 g/mol. The molecule has 0 unspecified atom stereocenters.